The van der Waals surface area contributed by atoms with E-state index in [4.69, 9.17) is 14.0 Å². The first-order valence-corrected chi connectivity index (χ1v) is 8.57. The Hall–Kier alpha value is -3.41. The summed E-state index contributed by atoms with van der Waals surface area (Å²) in [6.45, 7) is 2.03. The van der Waals surface area contributed by atoms with E-state index in [0.29, 0.717) is 29.6 Å². The van der Waals surface area contributed by atoms with E-state index >= 15 is 0 Å². The van der Waals surface area contributed by atoms with E-state index < -0.39 is 0 Å². The maximum absolute atomic E-state index is 5.45. The monoisotopic (exact) mass is 361 g/mol. The van der Waals surface area contributed by atoms with Crippen LogP contribution >= 0.6 is 0 Å². The lowest BCUT2D eigenvalue weighted by molar-refractivity contribution is 0.383. The zero-order valence-corrected chi connectivity index (χ0v) is 15.4. The SMILES string of the molecule is COc1ccc(Cc2nc(-c3cc4ccc(C)cc4nc3OC)no2)cc1. The van der Waals surface area contributed by atoms with Gasteiger partial charge in [0.2, 0.25) is 17.6 Å². The normalized spacial score (nSPS) is 10.9. The second-order valence-electron chi connectivity index (χ2n) is 6.28. The van der Waals surface area contributed by atoms with Crippen molar-refractivity contribution in [1.29, 1.82) is 0 Å². The van der Waals surface area contributed by atoms with Crippen LogP contribution in [-0.2, 0) is 6.42 Å². The fourth-order valence-corrected chi connectivity index (χ4v) is 2.93. The molecule has 0 atom stereocenters. The summed E-state index contributed by atoms with van der Waals surface area (Å²) in [6.07, 6.45) is 0.541. The highest BCUT2D eigenvalue weighted by Crippen LogP contribution is 2.30. The molecule has 0 aliphatic rings. The first-order valence-electron chi connectivity index (χ1n) is 8.57. The summed E-state index contributed by atoms with van der Waals surface area (Å²) in [5.41, 5.74) is 3.78. The molecule has 2 aromatic carbocycles. The van der Waals surface area contributed by atoms with E-state index in [1.165, 1.54) is 0 Å². The van der Waals surface area contributed by atoms with Crippen LogP contribution in [0.1, 0.15) is 17.0 Å². The first kappa shape index (κ1) is 17.0. The predicted molar refractivity (Wildman–Crippen MR) is 102 cm³/mol. The van der Waals surface area contributed by atoms with Crippen LogP contribution in [0.25, 0.3) is 22.3 Å². The summed E-state index contributed by atoms with van der Waals surface area (Å²) in [7, 11) is 3.23. The molecule has 27 heavy (non-hydrogen) atoms. The fourth-order valence-electron chi connectivity index (χ4n) is 2.93. The molecule has 0 spiro atoms. The standard InChI is InChI=1S/C21H19N3O3/c1-13-4-7-15-12-17(21(26-3)22-18(15)10-13)20-23-19(27-24-20)11-14-5-8-16(25-2)9-6-14/h4-10,12H,11H2,1-3H3. The summed E-state index contributed by atoms with van der Waals surface area (Å²) in [6, 6.07) is 15.8. The molecule has 0 radical (unpaired) electrons. The lowest BCUT2D eigenvalue weighted by Gasteiger charge is -2.07. The number of methoxy groups -OCH3 is 2. The third-order valence-electron chi connectivity index (χ3n) is 4.35. The van der Waals surface area contributed by atoms with Crippen molar-refractivity contribution < 1.29 is 14.0 Å². The van der Waals surface area contributed by atoms with Crippen molar-refractivity contribution in [3.05, 3.63) is 65.5 Å². The van der Waals surface area contributed by atoms with Crippen LogP contribution in [-0.4, -0.2) is 29.3 Å². The molecule has 0 saturated heterocycles. The average Bonchev–Trinajstić information content (AvgIpc) is 3.15. The number of hydrogen-bond donors (Lipinski definition) is 0. The van der Waals surface area contributed by atoms with Gasteiger partial charge in [0.25, 0.3) is 0 Å². The number of hydrogen-bond acceptors (Lipinski definition) is 6. The quantitative estimate of drug-likeness (QED) is 0.530. The van der Waals surface area contributed by atoms with Gasteiger partial charge >= 0.3 is 0 Å². The van der Waals surface area contributed by atoms with Gasteiger partial charge < -0.3 is 14.0 Å². The summed E-state index contributed by atoms with van der Waals surface area (Å²) in [4.78, 5) is 9.11. The molecule has 0 unspecified atom stereocenters. The molecule has 136 valence electrons. The Labute approximate surface area is 156 Å². The van der Waals surface area contributed by atoms with E-state index in [0.717, 1.165) is 27.8 Å². The third-order valence-corrected chi connectivity index (χ3v) is 4.35. The van der Waals surface area contributed by atoms with Gasteiger partial charge in [-0.05, 0) is 42.3 Å². The minimum Gasteiger partial charge on any atom is -0.497 e. The number of aryl methyl sites for hydroxylation is 1. The molecule has 2 heterocycles. The Morgan fingerprint density at radius 1 is 0.926 bits per heavy atom. The number of ether oxygens (including phenoxy) is 2. The molecule has 0 amide bonds. The number of fused-ring (bicyclic) bond motifs is 1. The van der Waals surface area contributed by atoms with E-state index in [-0.39, 0.29) is 0 Å². The van der Waals surface area contributed by atoms with Crippen LogP contribution in [0, 0.1) is 6.92 Å². The van der Waals surface area contributed by atoms with Gasteiger partial charge in [0, 0.05) is 5.39 Å². The molecule has 2 aromatic heterocycles. The molecule has 0 aliphatic carbocycles. The molecule has 0 aliphatic heterocycles. The highest BCUT2D eigenvalue weighted by molar-refractivity contribution is 5.85. The molecule has 4 rings (SSSR count). The Morgan fingerprint density at radius 3 is 2.48 bits per heavy atom. The molecular formula is C21H19N3O3. The van der Waals surface area contributed by atoms with Crippen molar-refractivity contribution in [3.63, 3.8) is 0 Å². The summed E-state index contributed by atoms with van der Waals surface area (Å²) in [5, 5.41) is 5.12. The Bertz CT molecular complexity index is 1090. The van der Waals surface area contributed by atoms with Gasteiger partial charge in [0.1, 0.15) is 5.75 Å². The topological polar surface area (TPSA) is 70.3 Å². The third kappa shape index (κ3) is 3.46. The van der Waals surface area contributed by atoms with Gasteiger partial charge in [-0.1, -0.05) is 29.4 Å². The van der Waals surface area contributed by atoms with Crippen LogP contribution in [0.3, 0.4) is 0 Å². The minimum absolute atomic E-state index is 0.463. The smallest absolute Gasteiger partial charge is 0.231 e. The largest absolute Gasteiger partial charge is 0.497 e. The van der Waals surface area contributed by atoms with Crippen LogP contribution in [0.15, 0.2) is 53.1 Å². The lowest BCUT2D eigenvalue weighted by atomic mass is 10.1. The molecular weight excluding hydrogens is 342 g/mol. The van der Waals surface area contributed by atoms with Crippen LogP contribution < -0.4 is 9.47 Å². The maximum Gasteiger partial charge on any atom is 0.231 e. The number of rotatable bonds is 5. The number of nitrogens with zero attached hydrogens (tertiary/aromatic N) is 3. The van der Waals surface area contributed by atoms with Gasteiger partial charge in [0.15, 0.2) is 0 Å². The van der Waals surface area contributed by atoms with E-state index in [1.54, 1.807) is 14.2 Å². The highest BCUT2D eigenvalue weighted by Gasteiger charge is 2.16. The number of pyridine rings is 1. The highest BCUT2D eigenvalue weighted by atomic mass is 16.5. The summed E-state index contributed by atoms with van der Waals surface area (Å²) < 4.78 is 16.1. The van der Waals surface area contributed by atoms with Crippen molar-refractivity contribution in [2.75, 3.05) is 14.2 Å². The molecule has 6 nitrogen and oxygen atoms in total. The molecule has 6 heteroatoms. The zero-order chi connectivity index (χ0) is 18.8. The first-order chi connectivity index (χ1) is 13.2. The van der Waals surface area contributed by atoms with Crippen LogP contribution in [0.4, 0.5) is 0 Å². The second kappa shape index (κ2) is 7.07. The second-order valence-corrected chi connectivity index (χ2v) is 6.28. The van der Waals surface area contributed by atoms with E-state index in [1.807, 2.05) is 55.5 Å². The lowest BCUT2D eigenvalue weighted by Crippen LogP contribution is -1.95. The fraction of sp³-hybridized carbons (Fsp3) is 0.190. The van der Waals surface area contributed by atoms with Gasteiger partial charge in [-0.2, -0.15) is 4.98 Å². The van der Waals surface area contributed by atoms with Crippen LogP contribution in [0.2, 0.25) is 0 Å². The van der Waals surface area contributed by atoms with Gasteiger partial charge in [-0.25, -0.2) is 4.98 Å². The van der Waals surface area contributed by atoms with Crippen molar-refractivity contribution in [1.82, 2.24) is 15.1 Å². The molecule has 0 N–H and O–H groups in total. The molecule has 4 aromatic rings. The Balaban J connectivity index is 1.66. The van der Waals surface area contributed by atoms with Crippen LogP contribution in [0.5, 0.6) is 11.6 Å². The Kier molecular flexibility index (Phi) is 4.46. The Morgan fingerprint density at radius 2 is 1.74 bits per heavy atom. The van der Waals surface area contributed by atoms with E-state index in [9.17, 15) is 0 Å². The van der Waals surface area contributed by atoms with Crippen molar-refractivity contribution in [2.24, 2.45) is 0 Å². The van der Waals surface area contributed by atoms with Gasteiger partial charge in [0.05, 0.1) is 31.7 Å². The van der Waals surface area contributed by atoms with Gasteiger partial charge in [-0.15, -0.1) is 0 Å². The molecule has 0 fully saturated rings. The van der Waals surface area contributed by atoms with E-state index in [2.05, 4.69) is 15.1 Å². The molecule has 0 saturated carbocycles. The maximum atomic E-state index is 5.45. The minimum atomic E-state index is 0.463. The van der Waals surface area contributed by atoms with Crippen molar-refractivity contribution in [2.45, 2.75) is 13.3 Å². The number of aromatic nitrogens is 3. The molecule has 0 bridgehead atoms. The predicted octanol–water partition coefficient (Wildman–Crippen LogP) is 4.20. The summed E-state index contributed by atoms with van der Waals surface area (Å²) in [5.74, 6) is 2.28. The number of benzene rings is 2. The summed E-state index contributed by atoms with van der Waals surface area (Å²) >= 11 is 0. The van der Waals surface area contributed by atoms with Crippen molar-refractivity contribution in [3.8, 4) is 23.0 Å². The van der Waals surface area contributed by atoms with Gasteiger partial charge in [-0.3, -0.25) is 0 Å². The van der Waals surface area contributed by atoms with Crippen molar-refractivity contribution >= 4 is 10.9 Å². The average molecular weight is 361 g/mol. The zero-order valence-electron chi connectivity index (χ0n) is 15.4.